The number of hydrogen-bond donors (Lipinski definition) is 2. The van der Waals surface area contributed by atoms with Crippen molar-refractivity contribution in [3.05, 3.63) is 35.0 Å². The van der Waals surface area contributed by atoms with Crippen LogP contribution in [0.5, 0.6) is 0 Å². The van der Waals surface area contributed by atoms with Crippen LogP contribution in [-0.4, -0.2) is 11.5 Å². The van der Waals surface area contributed by atoms with Gasteiger partial charge < -0.3 is 10.3 Å². The number of fused-ring (bicyclic) bond motifs is 3. The molecule has 0 aliphatic carbocycles. The predicted molar refractivity (Wildman–Crippen MR) is 67.8 cm³/mol. The van der Waals surface area contributed by atoms with Gasteiger partial charge in [0, 0.05) is 36.1 Å². The topological polar surface area (TPSA) is 27.8 Å². The van der Waals surface area contributed by atoms with Crippen molar-refractivity contribution >= 4 is 10.9 Å². The van der Waals surface area contributed by atoms with E-state index in [2.05, 4.69) is 42.3 Å². The average Bonchev–Trinajstić information content (AvgIpc) is 2.67. The van der Waals surface area contributed by atoms with Crippen molar-refractivity contribution in [2.24, 2.45) is 0 Å². The van der Waals surface area contributed by atoms with Gasteiger partial charge in [0.05, 0.1) is 0 Å². The molecule has 0 fully saturated rings. The van der Waals surface area contributed by atoms with Gasteiger partial charge in [-0.25, -0.2) is 0 Å². The lowest BCUT2D eigenvalue weighted by molar-refractivity contribution is 0.641. The third-order valence-electron chi connectivity index (χ3n) is 3.54. The number of para-hydroxylation sites is 1. The van der Waals surface area contributed by atoms with Crippen LogP contribution in [0.1, 0.15) is 36.6 Å². The molecule has 0 radical (unpaired) electrons. The lowest BCUT2D eigenvalue weighted by atomic mass is 9.99. The normalized spacial score (nSPS) is 15.7. The first kappa shape index (κ1) is 9.91. The first-order valence-electron chi connectivity index (χ1n) is 6.10. The molecule has 2 aromatic rings. The molecule has 1 aromatic carbocycles. The summed E-state index contributed by atoms with van der Waals surface area (Å²) in [6, 6.07) is 6.66. The van der Waals surface area contributed by atoms with E-state index in [4.69, 9.17) is 0 Å². The predicted octanol–water partition coefficient (Wildman–Crippen LogP) is 2.94. The highest BCUT2D eigenvalue weighted by atomic mass is 14.9. The first-order valence-corrected chi connectivity index (χ1v) is 6.10. The maximum Gasteiger partial charge on any atom is 0.0494 e. The highest BCUT2D eigenvalue weighted by molar-refractivity contribution is 5.88. The summed E-state index contributed by atoms with van der Waals surface area (Å²) in [5, 5.41) is 4.86. The number of rotatable bonds is 1. The fraction of sp³-hybridized carbons (Fsp3) is 0.429. The molecule has 1 aliphatic rings. The quantitative estimate of drug-likeness (QED) is 0.750. The van der Waals surface area contributed by atoms with Gasteiger partial charge in [0.25, 0.3) is 0 Å². The Labute approximate surface area is 96.1 Å². The molecule has 2 heterocycles. The van der Waals surface area contributed by atoms with E-state index in [0.717, 1.165) is 19.5 Å². The Morgan fingerprint density at radius 1 is 1.25 bits per heavy atom. The van der Waals surface area contributed by atoms with Gasteiger partial charge in [-0.2, -0.15) is 0 Å². The molecule has 0 unspecified atom stereocenters. The molecule has 3 rings (SSSR count). The third-order valence-corrected chi connectivity index (χ3v) is 3.54. The van der Waals surface area contributed by atoms with Gasteiger partial charge in [-0.05, 0) is 17.0 Å². The summed E-state index contributed by atoms with van der Waals surface area (Å²) in [7, 11) is 0. The molecule has 1 aromatic heterocycles. The second-order valence-corrected chi connectivity index (χ2v) is 4.93. The Kier molecular flexibility index (Phi) is 2.25. The van der Waals surface area contributed by atoms with Crippen LogP contribution in [0.15, 0.2) is 18.2 Å². The Morgan fingerprint density at radius 2 is 2.12 bits per heavy atom. The van der Waals surface area contributed by atoms with Crippen molar-refractivity contribution in [2.45, 2.75) is 32.7 Å². The molecule has 16 heavy (non-hydrogen) atoms. The van der Waals surface area contributed by atoms with Gasteiger partial charge in [0.1, 0.15) is 0 Å². The van der Waals surface area contributed by atoms with Gasteiger partial charge in [0.15, 0.2) is 0 Å². The lowest BCUT2D eigenvalue weighted by Crippen LogP contribution is -2.22. The van der Waals surface area contributed by atoms with Crippen molar-refractivity contribution in [3.63, 3.8) is 0 Å². The summed E-state index contributed by atoms with van der Waals surface area (Å²) >= 11 is 0. The summed E-state index contributed by atoms with van der Waals surface area (Å²) < 4.78 is 0. The van der Waals surface area contributed by atoms with E-state index in [9.17, 15) is 0 Å². The molecule has 0 saturated carbocycles. The zero-order valence-electron chi connectivity index (χ0n) is 9.93. The number of nitrogens with one attached hydrogen (secondary N) is 2. The highest BCUT2D eigenvalue weighted by Gasteiger charge is 2.16. The Balaban J connectivity index is 2.29. The average molecular weight is 214 g/mol. The summed E-state index contributed by atoms with van der Waals surface area (Å²) in [5.74, 6) is 0.580. The molecule has 2 heteroatoms. The van der Waals surface area contributed by atoms with Gasteiger partial charge >= 0.3 is 0 Å². The minimum absolute atomic E-state index is 0.580. The summed E-state index contributed by atoms with van der Waals surface area (Å²) in [5.41, 5.74) is 5.70. The van der Waals surface area contributed by atoms with Crippen LogP contribution < -0.4 is 5.32 Å². The lowest BCUT2D eigenvalue weighted by Gasteiger charge is -2.12. The third kappa shape index (κ3) is 1.37. The fourth-order valence-electron chi connectivity index (χ4n) is 2.67. The van der Waals surface area contributed by atoms with Gasteiger partial charge in [-0.15, -0.1) is 0 Å². The molecule has 0 bridgehead atoms. The zero-order valence-corrected chi connectivity index (χ0v) is 9.93. The highest BCUT2D eigenvalue weighted by Crippen LogP contribution is 2.30. The van der Waals surface area contributed by atoms with Crippen LogP contribution in [0.3, 0.4) is 0 Å². The standard InChI is InChI=1S/C14H18N2/c1-9(2)10-4-3-5-11-12-8-15-7-6-13(12)16-14(10)11/h3-5,9,15-16H,6-8H2,1-2H3. The van der Waals surface area contributed by atoms with Crippen LogP contribution in [0.2, 0.25) is 0 Å². The van der Waals surface area contributed by atoms with Crippen molar-refractivity contribution in [2.75, 3.05) is 6.54 Å². The van der Waals surface area contributed by atoms with Crippen molar-refractivity contribution in [1.82, 2.24) is 10.3 Å². The van der Waals surface area contributed by atoms with E-state index in [0.29, 0.717) is 5.92 Å². The molecule has 0 atom stereocenters. The largest absolute Gasteiger partial charge is 0.358 e. The van der Waals surface area contributed by atoms with Crippen molar-refractivity contribution in [1.29, 1.82) is 0 Å². The van der Waals surface area contributed by atoms with Crippen LogP contribution in [-0.2, 0) is 13.0 Å². The Hall–Kier alpha value is -1.28. The number of aromatic amines is 1. The van der Waals surface area contributed by atoms with E-state index >= 15 is 0 Å². The van der Waals surface area contributed by atoms with Crippen LogP contribution >= 0.6 is 0 Å². The SMILES string of the molecule is CC(C)c1cccc2c3c([nH]c12)CCNC3. The maximum absolute atomic E-state index is 3.63. The van der Waals surface area contributed by atoms with Gasteiger partial charge in [0.2, 0.25) is 0 Å². The number of H-pyrrole nitrogens is 1. The maximum atomic E-state index is 3.63. The van der Waals surface area contributed by atoms with E-state index in [1.54, 1.807) is 0 Å². The van der Waals surface area contributed by atoms with Crippen LogP contribution in [0, 0.1) is 0 Å². The van der Waals surface area contributed by atoms with E-state index in [-0.39, 0.29) is 0 Å². The molecule has 0 saturated heterocycles. The minimum atomic E-state index is 0.580. The molecule has 2 nitrogen and oxygen atoms in total. The van der Waals surface area contributed by atoms with Crippen LogP contribution in [0.4, 0.5) is 0 Å². The molecule has 0 amide bonds. The molecule has 2 N–H and O–H groups in total. The number of aromatic nitrogens is 1. The van der Waals surface area contributed by atoms with E-state index in [1.807, 2.05) is 0 Å². The molecular weight excluding hydrogens is 196 g/mol. The van der Waals surface area contributed by atoms with Gasteiger partial charge in [-0.3, -0.25) is 0 Å². The second-order valence-electron chi connectivity index (χ2n) is 4.93. The van der Waals surface area contributed by atoms with Crippen molar-refractivity contribution in [3.8, 4) is 0 Å². The monoisotopic (exact) mass is 214 g/mol. The fourth-order valence-corrected chi connectivity index (χ4v) is 2.67. The Morgan fingerprint density at radius 3 is 2.94 bits per heavy atom. The van der Waals surface area contributed by atoms with E-state index < -0.39 is 0 Å². The smallest absolute Gasteiger partial charge is 0.0494 e. The number of hydrogen-bond acceptors (Lipinski definition) is 1. The summed E-state index contributed by atoms with van der Waals surface area (Å²) in [4.78, 5) is 3.63. The molecule has 1 aliphatic heterocycles. The summed E-state index contributed by atoms with van der Waals surface area (Å²) in [6.45, 7) is 6.62. The Bertz CT molecular complexity index is 523. The minimum Gasteiger partial charge on any atom is -0.358 e. The second kappa shape index (κ2) is 3.63. The zero-order chi connectivity index (χ0) is 11.1. The van der Waals surface area contributed by atoms with Crippen molar-refractivity contribution < 1.29 is 0 Å². The molecule has 84 valence electrons. The van der Waals surface area contributed by atoms with Crippen LogP contribution in [0.25, 0.3) is 10.9 Å². The van der Waals surface area contributed by atoms with Gasteiger partial charge in [-0.1, -0.05) is 32.0 Å². The molecular formula is C14H18N2. The molecule has 0 spiro atoms. The number of benzene rings is 1. The summed E-state index contributed by atoms with van der Waals surface area (Å²) in [6.07, 6.45) is 1.13. The van der Waals surface area contributed by atoms with E-state index in [1.165, 1.54) is 27.7 Å². The first-order chi connectivity index (χ1) is 7.77.